The smallest absolute Gasteiger partial charge is 0.193 e. The molecule has 1 fully saturated rings. The van der Waals surface area contributed by atoms with Crippen LogP contribution in [-0.4, -0.2) is 48.8 Å². The van der Waals surface area contributed by atoms with Gasteiger partial charge in [-0.05, 0) is 30.7 Å². The molecule has 1 aliphatic heterocycles. The minimum Gasteiger partial charge on any atom is -0.396 e. The molecule has 1 aromatic rings. The quantitative estimate of drug-likeness (QED) is 0.401. The molecule has 142 valence electrons. The van der Waals surface area contributed by atoms with Gasteiger partial charge in [-0.3, -0.25) is 4.99 Å². The van der Waals surface area contributed by atoms with E-state index in [1.54, 1.807) is 0 Å². The summed E-state index contributed by atoms with van der Waals surface area (Å²) in [4.78, 5) is 7.16. The predicted molar refractivity (Wildman–Crippen MR) is 117 cm³/mol. The van der Waals surface area contributed by atoms with Gasteiger partial charge < -0.3 is 15.3 Å². The largest absolute Gasteiger partial charge is 0.396 e. The van der Waals surface area contributed by atoms with Crippen LogP contribution in [0.1, 0.15) is 45.6 Å². The number of aliphatic hydroxyl groups is 1. The zero-order valence-corrected chi connectivity index (χ0v) is 18.4. The van der Waals surface area contributed by atoms with Crippen LogP contribution in [0.3, 0.4) is 0 Å². The number of hydrogen-bond donors (Lipinski definition) is 2. The maximum Gasteiger partial charge on any atom is 0.193 e. The van der Waals surface area contributed by atoms with Gasteiger partial charge in [0.25, 0.3) is 0 Å². The highest BCUT2D eigenvalue weighted by atomic mass is 127. The molecule has 0 saturated carbocycles. The summed E-state index contributed by atoms with van der Waals surface area (Å²) in [5.74, 6) is 2.20. The molecule has 0 spiro atoms. The Balaban J connectivity index is 0.00000312. The van der Waals surface area contributed by atoms with Crippen LogP contribution in [0.4, 0.5) is 0 Å². The van der Waals surface area contributed by atoms with E-state index in [0.29, 0.717) is 18.4 Å². The van der Waals surface area contributed by atoms with E-state index in [1.165, 1.54) is 5.56 Å². The molecule has 2 rings (SSSR count). The number of guanidine groups is 1. The second kappa shape index (κ2) is 10.4. The van der Waals surface area contributed by atoms with E-state index in [1.807, 2.05) is 13.8 Å². The first kappa shape index (κ1) is 22.2. The van der Waals surface area contributed by atoms with Crippen LogP contribution in [0.5, 0.6) is 0 Å². The third kappa shape index (κ3) is 6.44. The number of benzene rings is 1. The molecule has 1 heterocycles. The summed E-state index contributed by atoms with van der Waals surface area (Å²) in [6.07, 6.45) is 1.15. The molecule has 4 nitrogen and oxygen atoms in total. The molecule has 2 atom stereocenters. The Morgan fingerprint density at radius 3 is 2.56 bits per heavy atom. The van der Waals surface area contributed by atoms with Gasteiger partial charge in [-0.25, -0.2) is 0 Å². The van der Waals surface area contributed by atoms with Crippen molar-refractivity contribution in [2.45, 2.75) is 40.0 Å². The van der Waals surface area contributed by atoms with Crippen molar-refractivity contribution in [2.24, 2.45) is 16.3 Å². The zero-order valence-electron chi connectivity index (χ0n) is 16.0. The van der Waals surface area contributed by atoms with Gasteiger partial charge in [-0.2, -0.15) is 0 Å². The summed E-state index contributed by atoms with van der Waals surface area (Å²) in [6.45, 7) is 12.2. The van der Waals surface area contributed by atoms with E-state index in [2.05, 4.69) is 54.4 Å². The van der Waals surface area contributed by atoms with E-state index in [4.69, 9.17) is 4.99 Å². The lowest BCUT2D eigenvalue weighted by Crippen LogP contribution is -2.48. The summed E-state index contributed by atoms with van der Waals surface area (Å²) in [7, 11) is 0. The predicted octanol–water partition coefficient (Wildman–Crippen LogP) is 3.71. The van der Waals surface area contributed by atoms with E-state index >= 15 is 0 Å². The highest BCUT2D eigenvalue weighted by molar-refractivity contribution is 14.0. The maximum atomic E-state index is 9.45. The molecule has 0 aromatic heterocycles. The normalized spacial score (nSPS) is 21.6. The maximum absolute atomic E-state index is 9.45. The topological polar surface area (TPSA) is 47.9 Å². The monoisotopic (exact) mass is 459 g/mol. The molecule has 2 N–H and O–H groups in total. The van der Waals surface area contributed by atoms with Crippen molar-refractivity contribution in [1.82, 2.24) is 10.2 Å². The van der Waals surface area contributed by atoms with Crippen LogP contribution in [0, 0.1) is 11.3 Å². The second-order valence-electron chi connectivity index (χ2n) is 7.72. The van der Waals surface area contributed by atoms with Gasteiger partial charge in [0.15, 0.2) is 5.96 Å². The lowest BCUT2D eigenvalue weighted by atomic mass is 9.82. The molecule has 1 aliphatic rings. The van der Waals surface area contributed by atoms with Crippen molar-refractivity contribution in [1.29, 1.82) is 0 Å². The molecule has 0 aliphatic carbocycles. The Hall–Kier alpha value is -0.820. The molecule has 1 saturated heterocycles. The molecule has 0 radical (unpaired) electrons. The van der Waals surface area contributed by atoms with E-state index < -0.39 is 0 Å². The summed E-state index contributed by atoms with van der Waals surface area (Å²) in [5, 5.41) is 12.9. The first-order chi connectivity index (χ1) is 11.5. The molecule has 5 heteroatoms. The molecule has 2 unspecified atom stereocenters. The van der Waals surface area contributed by atoms with Gasteiger partial charge in [0.1, 0.15) is 0 Å². The minimum atomic E-state index is -0.172. The van der Waals surface area contributed by atoms with Crippen LogP contribution in [0.25, 0.3) is 0 Å². The minimum absolute atomic E-state index is 0. The van der Waals surface area contributed by atoms with Crippen LogP contribution in [0.15, 0.2) is 35.3 Å². The first-order valence-electron chi connectivity index (χ1n) is 9.16. The fourth-order valence-corrected chi connectivity index (χ4v) is 3.30. The average Bonchev–Trinajstić information content (AvgIpc) is 2.59. The zero-order chi connectivity index (χ0) is 17.6. The van der Waals surface area contributed by atoms with Gasteiger partial charge in [0, 0.05) is 31.7 Å². The number of rotatable bonds is 5. The summed E-state index contributed by atoms with van der Waals surface area (Å²) < 4.78 is 0. The molecule has 1 aromatic carbocycles. The molecule has 0 amide bonds. The standard InChI is InChI=1S/C20H33N3O.HI/c1-5-21-19(22-14-20(3,4)15-24)23-12-11-18(16(2)13-23)17-9-7-6-8-10-17;/h6-10,16,18,24H,5,11-15H2,1-4H3,(H,21,22);1H. The van der Waals surface area contributed by atoms with Gasteiger partial charge in [-0.1, -0.05) is 51.1 Å². The number of aliphatic imine (C=N–C) groups is 1. The Morgan fingerprint density at radius 2 is 2.00 bits per heavy atom. The summed E-state index contributed by atoms with van der Waals surface area (Å²) >= 11 is 0. The van der Waals surface area contributed by atoms with Crippen LogP contribution in [0.2, 0.25) is 0 Å². The van der Waals surface area contributed by atoms with Gasteiger partial charge in [-0.15, -0.1) is 24.0 Å². The van der Waals surface area contributed by atoms with Crippen molar-refractivity contribution in [3.63, 3.8) is 0 Å². The first-order valence-corrected chi connectivity index (χ1v) is 9.16. The highest BCUT2D eigenvalue weighted by Crippen LogP contribution is 2.32. The lowest BCUT2D eigenvalue weighted by Gasteiger charge is -2.39. The molecule has 0 bridgehead atoms. The van der Waals surface area contributed by atoms with Crippen molar-refractivity contribution in [3.8, 4) is 0 Å². The number of hydrogen-bond acceptors (Lipinski definition) is 2. The fraction of sp³-hybridized carbons (Fsp3) is 0.650. The van der Waals surface area contributed by atoms with Crippen LogP contribution < -0.4 is 5.32 Å². The third-order valence-corrected chi connectivity index (χ3v) is 4.85. The van der Waals surface area contributed by atoms with Gasteiger partial charge in [0.2, 0.25) is 0 Å². The fourth-order valence-electron chi connectivity index (χ4n) is 3.30. The second-order valence-corrected chi connectivity index (χ2v) is 7.72. The Kier molecular flexibility index (Phi) is 9.21. The van der Waals surface area contributed by atoms with Gasteiger partial charge >= 0.3 is 0 Å². The molecule has 25 heavy (non-hydrogen) atoms. The van der Waals surface area contributed by atoms with E-state index in [0.717, 1.165) is 32.0 Å². The van der Waals surface area contributed by atoms with Crippen molar-refractivity contribution in [3.05, 3.63) is 35.9 Å². The van der Waals surface area contributed by atoms with Crippen molar-refractivity contribution < 1.29 is 5.11 Å². The number of halogens is 1. The van der Waals surface area contributed by atoms with Crippen molar-refractivity contribution in [2.75, 3.05) is 32.8 Å². The number of piperidine rings is 1. The third-order valence-electron chi connectivity index (χ3n) is 4.85. The number of likely N-dealkylation sites (tertiary alicyclic amines) is 1. The number of nitrogens with zero attached hydrogens (tertiary/aromatic N) is 2. The van der Waals surface area contributed by atoms with Crippen LogP contribution >= 0.6 is 24.0 Å². The summed E-state index contributed by atoms with van der Waals surface area (Å²) in [6, 6.07) is 10.9. The van der Waals surface area contributed by atoms with Gasteiger partial charge in [0.05, 0.1) is 6.54 Å². The average molecular weight is 459 g/mol. The van der Waals surface area contributed by atoms with Crippen LogP contribution in [-0.2, 0) is 0 Å². The van der Waals surface area contributed by atoms with E-state index in [9.17, 15) is 5.11 Å². The molecular weight excluding hydrogens is 425 g/mol. The Labute approximate surface area is 170 Å². The van der Waals surface area contributed by atoms with E-state index in [-0.39, 0.29) is 36.0 Å². The van der Waals surface area contributed by atoms with Crippen molar-refractivity contribution >= 4 is 29.9 Å². The number of aliphatic hydroxyl groups excluding tert-OH is 1. The SMILES string of the molecule is CCNC(=NCC(C)(C)CO)N1CCC(c2ccccc2)C(C)C1.I. The molecular formula is C20H34IN3O. The lowest BCUT2D eigenvalue weighted by molar-refractivity contribution is 0.166. The Bertz CT molecular complexity index is 533. The number of nitrogens with one attached hydrogen (secondary N) is 1. The highest BCUT2D eigenvalue weighted by Gasteiger charge is 2.29. The Morgan fingerprint density at radius 1 is 1.32 bits per heavy atom. The summed E-state index contributed by atoms with van der Waals surface area (Å²) in [5.41, 5.74) is 1.28.